The third-order valence-corrected chi connectivity index (χ3v) is 3.35. The van der Waals surface area contributed by atoms with Crippen LogP contribution < -0.4 is 10.1 Å². The topological polar surface area (TPSA) is 62.1 Å². The normalized spacial score (nSPS) is 9.76. The summed E-state index contributed by atoms with van der Waals surface area (Å²) in [6, 6.07) is 13.9. The number of nitriles is 1. The van der Waals surface area contributed by atoms with Gasteiger partial charge in [0.2, 0.25) is 0 Å². The number of halogens is 2. The largest absolute Gasteiger partial charge is 0.484 e. The highest BCUT2D eigenvalue weighted by molar-refractivity contribution is 9.10. The molecule has 1 amide bonds. The highest BCUT2D eigenvalue weighted by Crippen LogP contribution is 2.22. The third-order valence-electron chi connectivity index (χ3n) is 2.54. The van der Waals surface area contributed by atoms with Gasteiger partial charge in [-0.05, 0) is 30.3 Å². The van der Waals surface area contributed by atoms with Crippen molar-refractivity contribution in [2.75, 3.05) is 11.9 Å². The summed E-state index contributed by atoms with van der Waals surface area (Å²) in [6.07, 6.45) is 0. The standard InChI is InChI=1S/C15H10BrClN2O2/c16-11-2-1-3-12(6-11)19-15(20)9-21-13-5-4-10(8-18)14(17)7-13/h1-7H,9H2,(H,19,20). The van der Waals surface area contributed by atoms with E-state index in [1.807, 2.05) is 18.2 Å². The second-order valence-electron chi connectivity index (χ2n) is 4.10. The van der Waals surface area contributed by atoms with Crippen molar-refractivity contribution in [1.29, 1.82) is 5.26 Å². The lowest BCUT2D eigenvalue weighted by Crippen LogP contribution is -2.20. The monoisotopic (exact) mass is 364 g/mol. The molecule has 0 aliphatic rings. The fourth-order valence-corrected chi connectivity index (χ4v) is 2.20. The fourth-order valence-electron chi connectivity index (χ4n) is 1.59. The summed E-state index contributed by atoms with van der Waals surface area (Å²) in [5, 5.41) is 11.8. The van der Waals surface area contributed by atoms with Crippen LogP contribution in [0, 0.1) is 11.3 Å². The molecule has 0 heterocycles. The average Bonchev–Trinajstić information content (AvgIpc) is 2.45. The molecular weight excluding hydrogens is 356 g/mol. The Bertz CT molecular complexity index is 713. The van der Waals surface area contributed by atoms with Crippen molar-refractivity contribution in [2.45, 2.75) is 0 Å². The van der Waals surface area contributed by atoms with Gasteiger partial charge in [0.25, 0.3) is 5.91 Å². The SMILES string of the molecule is N#Cc1ccc(OCC(=O)Nc2cccc(Br)c2)cc1Cl. The molecule has 0 saturated heterocycles. The van der Waals surface area contributed by atoms with Crippen LogP contribution in [0.3, 0.4) is 0 Å². The molecule has 0 aliphatic carbocycles. The molecule has 2 aromatic carbocycles. The van der Waals surface area contributed by atoms with Crippen molar-refractivity contribution in [1.82, 2.24) is 0 Å². The molecule has 2 rings (SSSR count). The number of anilines is 1. The molecule has 0 spiro atoms. The molecule has 106 valence electrons. The minimum Gasteiger partial charge on any atom is -0.484 e. The summed E-state index contributed by atoms with van der Waals surface area (Å²) in [5.74, 6) is 0.150. The molecule has 6 heteroatoms. The van der Waals surface area contributed by atoms with Crippen molar-refractivity contribution in [3.8, 4) is 11.8 Å². The molecule has 0 unspecified atom stereocenters. The van der Waals surface area contributed by atoms with Crippen molar-refractivity contribution in [3.05, 3.63) is 57.5 Å². The van der Waals surface area contributed by atoms with Gasteiger partial charge in [-0.2, -0.15) is 5.26 Å². The number of nitrogens with zero attached hydrogens (tertiary/aromatic N) is 1. The quantitative estimate of drug-likeness (QED) is 0.891. The maximum absolute atomic E-state index is 11.8. The average molecular weight is 366 g/mol. The molecule has 21 heavy (non-hydrogen) atoms. The van der Waals surface area contributed by atoms with E-state index < -0.39 is 0 Å². The van der Waals surface area contributed by atoms with Gasteiger partial charge < -0.3 is 10.1 Å². The summed E-state index contributed by atoms with van der Waals surface area (Å²) in [7, 11) is 0. The molecule has 2 aromatic rings. The second-order valence-corrected chi connectivity index (χ2v) is 5.42. The van der Waals surface area contributed by atoms with Crippen LogP contribution in [-0.2, 0) is 4.79 Å². The molecule has 4 nitrogen and oxygen atoms in total. The van der Waals surface area contributed by atoms with Crippen LogP contribution in [0.15, 0.2) is 46.9 Å². The van der Waals surface area contributed by atoms with Crippen LogP contribution in [0.25, 0.3) is 0 Å². The van der Waals surface area contributed by atoms with Crippen LogP contribution in [0.1, 0.15) is 5.56 Å². The molecule has 0 aromatic heterocycles. The van der Waals surface area contributed by atoms with Crippen molar-refractivity contribution >= 4 is 39.1 Å². The van der Waals surface area contributed by atoms with Gasteiger partial charge in [0.1, 0.15) is 11.8 Å². The van der Waals surface area contributed by atoms with Crippen molar-refractivity contribution in [2.24, 2.45) is 0 Å². The first-order valence-corrected chi connectivity index (χ1v) is 7.13. The first-order chi connectivity index (χ1) is 10.1. The first kappa shape index (κ1) is 15.4. The predicted octanol–water partition coefficient (Wildman–Crippen LogP) is 3.99. The Hall–Kier alpha value is -2.03. The van der Waals surface area contributed by atoms with Gasteiger partial charge in [0, 0.05) is 16.2 Å². The van der Waals surface area contributed by atoms with Gasteiger partial charge in [0.05, 0.1) is 10.6 Å². The van der Waals surface area contributed by atoms with Gasteiger partial charge in [-0.15, -0.1) is 0 Å². The first-order valence-electron chi connectivity index (χ1n) is 5.96. The number of carbonyl (C=O) groups excluding carboxylic acids is 1. The van der Waals surface area contributed by atoms with Crippen LogP contribution in [0.2, 0.25) is 5.02 Å². The number of nitrogens with one attached hydrogen (secondary N) is 1. The zero-order chi connectivity index (χ0) is 15.2. The van der Waals surface area contributed by atoms with E-state index >= 15 is 0 Å². The van der Waals surface area contributed by atoms with Crippen LogP contribution in [0.5, 0.6) is 5.75 Å². The van der Waals surface area contributed by atoms with Gasteiger partial charge in [-0.1, -0.05) is 33.6 Å². The van der Waals surface area contributed by atoms with Gasteiger partial charge in [0.15, 0.2) is 6.61 Å². The number of hydrogen-bond acceptors (Lipinski definition) is 3. The predicted molar refractivity (Wildman–Crippen MR) is 84.4 cm³/mol. The van der Waals surface area contributed by atoms with E-state index in [4.69, 9.17) is 21.6 Å². The van der Waals surface area contributed by atoms with Crippen LogP contribution in [0.4, 0.5) is 5.69 Å². The number of benzene rings is 2. The molecule has 1 N–H and O–H groups in total. The molecule has 0 bridgehead atoms. The molecular formula is C15H10BrClN2O2. The van der Waals surface area contributed by atoms with Crippen molar-refractivity contribution in [3.63, 3.8) is 0 Å². The van der Waals surface area contributed by atoms with Crippen LogP contribution in [-0.4, -0.2) is 12.5 Å². The Morgan fingerprint density at radius 3 is 2.81 bits per heavy atom. The minimum absolute atomic E-state index is 0.144. The minimum atomic E-state index is -0.284. The number of carbonyl (C=O) groups is 1. The van der Waals surface area contributed by atoms with E-state index in [2.05, 4.69) is 21.2 Å². The van der Waals surface area contributed by atoms with E-state index in [-0.39, 0.29) is 12.5 Å². The van der Waals surface area contributed by atoms with E-state index in [1.54, 1.807) is 24.3 Å². The molecule has 0 fully saturated rings. The summed E-state index contributed by atoms with van der Waals surface area (Å²) in [6.45, 7) is -0.144. The lowest BCUT2D eigenvalue weighted by molar-refractivity contribution is -0.118. The van der Waals surface area contributed by atoms with Crippen LogP contribution >= 0.6 is 27.5 Å². The number of ether oxygens (including phenoxy) is 1. The van der Waals surface area contributed by atoms with E-state index in [0.29, 0.717) is 22.0 Å². The maximum Gasteiger partial charge on any atom is 0.262 e. The lowest BCUT2D eigenvalue weighted by atomic mass is 10.2. The lowest BCUT2D eigenvalue weighted by Gasteiger charge is -2.08. The molecule has 0 saturated carbocycles. The second kappa shape index (κ2) is 7.11. The summed E-state index contributed by atoms with van der Waals surface area (Å²) < 4.78 is 6.21. The summed E-state index contributed by atoms with van der Waals surface area (Å²) in [4.78, 5) is 11.8. The Kier molecular flexibility index (Phi) is 5.20. The van der Waals surface area contributed by atoms with E-state index in [9.17, 15) is 4.79 Å². The Morgan fingerprint density at radius 2 is 2.14 bits per heavy atom. The number of hydrogen-bond donors (Lipinski definition) is 1. The third kappa shape index (κ3) is 4.48. The highest BCUT2D eigenvalue weighted by atomic mass is 79.9. The Morgan fingerprint density at radius 1 is 1.33 bits per heavy atom. The van der Waals surface area contributed by atoms with E-state index in [0.717, 1.165) is 4.47 Å². The molecule has 0 radical (unpaired) electrons. The maximum atomic E-state index is 11.8. The summed E-state index contributed by atoms with van der Waals surface area (Å²) >= 11 is 9.21. The van der Waals surface area contributed by atoms with Gasteiger partial charge in [-0.3, -0.25) is 4.79 Å². The molecule has 0 atom stereocenters. The molecule has 0 aliphatic heterocycles. The Labute approximate surface area is 135 Å². The van der Waals surface area contributed by atoms with Gasteiger partial charge in [-0.25, -0.2) is 0 Å². The Balaban J connectivity index is 1.92. The fraction of sp³-hybridized carbons (Fsp3) is 0.0667. The highest BCUT2D eigenvalue weighted by Gasteiger charge is 2.06. The van der Waals surface area contributed by atoms with Crippen molar-refractivity contribution < 1.29 is 9.53 Å². The number of amides is 1. The smallest absolute Gasteiger partial charge is 0.262 e. The number of rotatable bonds is 4. The van der Waals surface area contributed by atoms with Gasteiger partial charge >= 0.3 is 0 Å². The summed E-state index contributed by atoms with van der Waals surface area (Å²) in [5.41, 5.74) is 1.04. The van der Waals surface area contributed by atoms with E-state index in [1.165, 1.54) is 6.07 Å². The zero-order valence-corrected chi connectivity index (χ0v) is 13.1. The zero-order valence-electron chi connectivity index (χ0n) is 10.8.